The zero-order valence-corrected chi connectivity index (χ0v) is 13.9. The van der Waals surface area contributed by atoms with E-state index in [1.165, 1.54) is 8.52 Å². The second-order valence-corrected chi connectivity index (χ2v) is 6.13. The number of aryl methyl sites for hydroxylation is 2. The molecule has 0 spiro atoms. The minimum absolute atomic E-state index is 0.321. The first-order valence-corrected chi connectivity index (χ1v) is 7.86. The molecule has 23 heavy (non-hydrogen) atoms. The van der Waals surface area contributed by atoms with E-state index in [4.69, 9.17) is 4.74 Å². The second-order valence-electron chi connectivity index (χ2n) is 5.24. The van der Waals surface area contributed by atoms with Crippen molar-refractivity contribution in [2.45, 2.75) is 13.8 Å². The average molecular weight is 328 g/mol. The van der Waals surface area contributed by atoms with E-state index >= 15 is 0 Å². The van der Waals surface area contributed by atoms with E-state index < -0.39 is 0 Å². The Hall–Kier alpha value is -2.60. The maximum atomic E-state index is 12.6. The van der Waals surface area contributed by atoms with Crippen molar-refractivity contribution < 1.29 is 4.74 Å². The van der Waals surface area contributed by atoms with Gasteiger partial charge in [-0.15, -0.1) is 0 Å². The first kappa shape index (κ1) is 15.3. The maximum Gasteiger partial charge on any atom is 0.350 e. The third-order valence-corrected chi connectivity index (χ3v) is 4.66. The number of nitrogens with zero attached hydrogens (tertiary/aromatic N) is 2. The molecular weight excluding hydrogens is 312 g/mol. The number of methoxy groups -OCH3 is 1. The van der Waals surface area contributed by atoms with Crippen LogP contribution >= 0.6 is 11.5 Å². The molecule has 0 aliphatic rings. The number of rotatable bonds is 3. The molecule has 0 unspecified atom stereocenters. The molecular formula is C17H16N2O3S. The molecule has 6 heteroatoms. The van der Waals surface area contributed by atoms with Gasteiger partial charge in [-0.2, -0.15) is 0 Å². The molecule has 0 aliphatic carbocycles. The highest BCUT2D eigenvalue weighted by Gasteiger charge is 2.13. The number of ether oxygens (including phenoxy) is 1. The van der Waals surface area contributed by atoms with Gasteiger partial charge >= 0.3 is 10.6 Å². The predicted octanol–water partition coefficient (Wildman–Crippen LogP) is 2.68. The van der Waals surface area contributed by atoms with Crippen LogP contribution in [0.1, 0.15) is 11.1 Å². The molecule has 0 bridgehead atoms. The standard InChI is InChI=1S/C17H16N2O3S/c1-11-4-5-14(10-12(11)2)19-16(20)18(17(21)23-19)13-6-8-15(22-3)9-7-13/h4-10H,1-3H3. The smallest absolute Gasteiger partial charge is 0.350 e. The van der Waals surface area contributed by atoms with E-state index in [-0.39, 0.29) is 10.6 Å². The van der Waals surface area contributed by atoms with Crippen molar-refractivity contribution in [1.29, 1.82) is 0 Å². The van der Waals surface area contributed by atoms with Gasteiger partial charge in [0, 0.05) is 11.5 Å². The number of benzene rings is 2. The normalized spacial score (nSPS) is 10.7. The van der Waals surface area contributed by atoms with Crippen molar-refractivity contribution in [2.24, 2.45) is 0 Å². The van der Waals surface area contributed by atoms with E-state index in [0.717, 1.165) is 22.7 Å². The molecule has 5 nitrogen and oxygen atoms in total. The largest absolute Gasteiger partial charge is 0.497 e. The Morgan fingerprint density at radius 2 is 1.57 bits per heavy atom. The molecule has 0 radical (unpaired) electrons. The van der Waals surface area contributed by atoms with Crippen molar-refractivity contribution in [3.63, 3.8) is 0 Å². The van der Waals surface area contributed by atoms with E-state index in [2.05, 4.69) is 0 Å². The minimum atomic E-state index is -0.367. The lowest BCUT2D eigenvalue weighted by molar-refractivity contribution is 0.414. The van der Waals surface area contributed by atoms with Crippen molar-refractivity contribution in [2.75, 3.05) is 7.11 Å². The fourth-order valence-electron chi connectivity index (χ4n) is 2.29. The van der Waals surface area contributed by atoms with E-state index in [0.29, 0.717) is 17.1 Å². The summed E-state index contributed by atoms with van der Waals surface area (Å²) in [4.78, 5) is 24.6. The molecule has 3 aromatic rings. The fraction of sp³-hybridized carbons (Fsp3) is 0.176. The quantitative estimate of drug-likeness (QED) is 0.743. The summed E-state index contributed by atoms with van der Waals surface area (Å²) in [5.74, 6) is 0.673. The van der Waals surface area contributed by atoms with Gasteiger partial charge in [0.2, 0.25) is 0 Å². The Labute approximate surface area is 137 Å². The number of aromatic nitrogens is 2. The highest BCUT2D eigenvalue weighted by Crippen LogP contribution is 2.16. The van der Waals surface area contributed by atoms with Gasteiger partial charge in [0.25, 0.3) is 0 Å². The second kappa shape index (κ2) is 5.89. The van der Waals surface area contributed by atoms with Crippen LogP contribution in [0.2, 0.25) is 0 Å². The SMILES string of the molecule is COc1ccc(-n2c(=O)sn(-c3ccc(C)c(C)c3)c2=O)cc1. The lowest BCUT2D eigenvalue weighted by Crippen LogP contribution is -2.26. The Balaban J connectivity index is 2.14. The maximum absolute atomic E-state index is 12.6. The molecule has 0 fully saturated rings. The molecule has 1 aromatic heterocycles. The Kier molecular flexibility index (Phi) is 3.92. The van der Waals surface area contributed by atoms with E-state index in [9.17, 15) is 9.59 Å². The average Bonchev–Trinajstić information content (AvgIpc) is 2.85. The van der Waals surface area contributed by atoms with Gasteiger partial charge in [-0.3, -0.25) is 4.79 Å². The van der Waals surface area contributed by atoms with Crippen molar-refractivity contribution in [3.05, 3.63) is 73.7 Å². The summed E-state index contributed by atoms with van der Waals surface area (Å²) >= 11 is 0.894. The highest BCUT2D eigenvalue weighted by atomic mass is 32.1. The third-order valence-electron chi connectivity index (χ3n) is 3.77. The van der Waals surface area contributed by atoms with Crippen LogP contribution in [0.5, 0.6) is 5.75 Å². The highest BCUT2D eigenvalue weighted by molar-refractivity contribution is 7.03. The summed E-state index contributed by atoms with van der Waals surface area (Å²) in [6, 6.07) is 12.5. The molecule has 0 aliphatic heterocycles. The summed E-state index contributed by atoms with van der Waals surface area (Å²) in [7, 11) is 1.57. The molecule has 3 rings (SSSR count). The fourth-order valence-corrected chi connectivity index (χ4v) is 3.09. The van der Waals surface area contributed by atoms with Crippen LogP contribution in [0.25, 0.3) is 11.4 Å². The Bertz CT molecular complexity index is 965. The van der Waals surface area contributed by atoms with Gasteiger partial charge in [0.05, 0.1) is 18.5 Å². The lowest BCUT2D eigenvalue weighted by atomic mass is 10.1. The molecule has 0 N–H and O–H groups in total. The van der Waals surface area contributed by atoms with E-state index in [1.807, 2.05) is 32.0 Å². The van der Waals surface area contributed by atoms with Crippen LogP contribution in [0.15, 0.2) is 52.1 Å². The van der Waals surface area contributed by atoms with Crippen molar-refractivity contribution >= 4 is 11.5 Å². The molecule has 1 heterocycles. The monoisotopic (exact) mass is 328 g/mol. The third kappa shape index (κ3) is 2.73. The Morgan fingerprint density at radius 1 is 0.913 bits per heavy atom. The molecule has 0 amide bonds. The van der Waals surface area contributed by atoms with Crippen LogP contribution in [-0.2, 0) is 0 Å². The predicted molar refractivity (Wildman–Crippen MR) is 91.5 cm³/mol. The zero-order chi connectivity index (χ0) is 16.6. The van der Waals surface area contributed by atoms with Crippen LogP contribution in [0.3, 0.4) is 0 Å². The van der Waals surface area contributed by atoms with Gasteiger partial charge in [-0.05, 0) is 61.4 Å². The Morgan fingerprint density at radius 3 is 2.17 bits per heavy atom. The first-order valence-electron chi connectivity index (χ1n) is 7.08. The molecule has 0 saturated heterocycles. The van der Waals surface area contributed by atoms with Crippen molar-refractivity contribution in [3.8, 4) is 17.1 Å². The van der Waals surface area contributed by atoms with Gasteiger partial charge < -0.3 is 4.74 Å². The topological polar surface area (TPSA) is 53.2 Å². The van der Waals surface area contributed by atoms with Crippen LogP contribution in [0.4, 0.5) is 0 Å². The molecule has 2 aromatic carbocycles. The van der Waals surface area contributed by atoms with Gasteiger partial charge in [-0.25, -0.2) is 13.3 Å². The summed E-state index contributed by atoms with van der Waals surface area (Å²) in [5.41, 5.74) is 3.08. The molecule has 0 saturated carbocycles. The van der Waals surface area contributed by atoms with Crippen LogP contribution < -0.4 is 15.3 Å². The summed E-state index contributed by atoms with van der Waals surface area (Å²) in [5, 5.41) is 0. The zero-order valence-electron chi connectivity index (χ0n) is 13.1. The lowest BCUT2D eigenvalue weighted by Gasteiger charge is -2.04. The minimum Gasteiger partial charge on any atom is -0.497 e. The van der Waals surface area contributed by atoms with E-state index in [1.54, 1.807) is 31.4 Å². The number of hydrogen-bond donors (Lipinski definition) is 0. The van der Waals surface area contributed by atoms with Crippen molar-refractivity contribution in [1.82, 2.24) is 8.52 Å². The summed E-state index contributed by atoms with van der Waals surface area (Å²) in [6.45, 7) is 3.99. The van der Waals surface area contributed by atoms with Gasteiger partial charge in [-0.1, -0.05) is 6.07 Å². The van der Waals surface area contributed by atoms with Crippen LogP contribution in [-0.4, -0.2) is 15.6 Å². The number of hydrogen-bond acceptors (Lipinski definition) is 4. The van der Waals surface area contributed by atoms with Crippen LogP contribution in [0, 0.1) is 13.8 Å². The molecule has 118 valence electrons. The first-order chi connectivity index (χ1) is 11.0. The molecule has 0 atom stereocenters. The van der Waals surface area contributed by atoms with Gasteiger partial charge in [0.1, 0.15) is 5.75 Å². The summed E-state index contributed by atoms with van der Waals surface area (Å²) < 4.78 is 7.68. The summed E-state index contributed by atoms with van der Waals surface area (Å²) in [6.07, 6.45) is 0. The van der Waals surface area contributed by atoms with Gasteiger partial charge in [0.15, 0.2) is 0 Å².